The molecule has 0 aliphatic heterocycles. The second-order valence-corrected chi connectivity index (χ2v) is 6.00. The lowest BCUT2D eigenvalue weighted by Gasteiger charge is -2.14. The number of aliphatic hydroxyl groups is 1. The highest BCUT2D eigenvalue weighted by molar-refractivity contribution is 6.30. The minimum atomic E-state index is -0.160. The van der Waals surface area contributed by atoms with Gasteiger partial charge in [0.25, 0.3) is 0 Å². The molecule has 3 N–H and O–H groups in total. The largest absolute Gasteiger partial charge is 0.394 e. The lowest BCUT2D eigenvalue weighted by Crippen LogP contribution is -2.21. The highest BCUT2D eigenvalue weighted by atomic mass is 35.5. The molecule has 0 spiro atoms. The first-order chi connectivity index (χ1) is 12.1. The molecule has 1 aromatic carbocycles. The summed E-state index contributed by atoms with van der Waals surface area (Å²) in [6.45, 7) is 1.84. The van der Waals surface area contributed by atoms with Gasteiger partial charge in [-0.2, -0.15) is 4.98 Å². The summed E-state index contributed by atoms with van der Waals surface area (Å²) in [5.41, 5.74) is 2.47. The van der Waals surface area contributed by atoms with Gasteiger partial charge in [0.1, 0.15) is 5.82 Å². The van der Waals surface area contributed by atoms with Gasteiger partial charge in [0.05, 0.1) is 12.3 Å². The van der Waals surface area contributed by atoms with E-state index in [-0.39, 0.29) is 12.6 Å². The van der Waals surface area contributed by atoms with Gasteiger partial charge < -0.3 is 15.7 Å². The Hall–Kier alpha value is -2.70. The number of aromatic nitrogens is 3. The monoisotopic (exact) mass is 355 g/mol. The standard InChI is InChI=1S/C18H18ClN5O/c1-12(11-25)21-18-23-16(13-3-2-8-20-10-13)9-17(24-18)22-15-6-4-14(19)5-7-15/h2-10,12,25H,11H2,1H3,(H2,21,22,23,24)/t12-/m1/s1. The zero-order chi connectivity index (χ0) is 17.6. The first-order valence-electron chi connectivity index (χ1n) is 7.83. The van der Waals surface area contributed by atoms with Gasteiger partial charge in [-0.25, -0.2) is 4.98 Å². The maximum atomic E-state index is 9.26. The van der Waals surface area contributed by atoms with Crippen molar-refractivity contribution in [3.05, 3.63) is 59.9 Å². The number of pyridine rings is 1. The van der Waals surface area contributed by atoms with Crippen molar-refractivity contribution in [2.24, 2.45) is 0 Å². The van der Waals surface area contributed by atoms with E-state index in [4.69, 9.17) is 11.6 Å². The zero-order valence-electron chi connectivity index (χ0n) is 13.6. The van der Waals surface area contributed by atoms with Crippen LogP contribution in [0.4, 0.5) is 17.5 Å². The molecule has 7 heteroatoms. The Morgan fingerprint density at radius 3 is 2.64 bits per heavy atom. The Labute approximate surface area is 150 Å². The molecule has 0 amide bonds. The Morgan fingerprint density at radius 2 is 1.96 bits per heavy atom. The molecule has 0 radical (unpaired) electrons. The lowest BCUT2D eigenvalue weighted by atomic mass is 10.2. The fourth-order valence-electron chi connectivity index (χ4n) is 2.19. The number of anilines is 3. The van der Waals surface area contributed by atoms with Crippen molar-refractivity contribution in [3.8, 4) is 11.3 Å². The molecule has 0 saturated carbocycles. The Balaban J connectivity index is 1.95. The predicted octanol–water partition coefficient (Wildman–Crippen LogP) is 3.73. The second kappa shape index (κ2) is 7.92. The summed E-state index contributed by atoms with van der Waals surface area (Å²) in [5.74, 6) is 1.06. The van der Waals surface area contributed by atoms with E-state index >= 15 is 0 Å². The smallest absolute Gasteiger partial charge is 0.225 e. The van der Waals surface area contributed by atoms with Crippen molar-refractivity contribution in [3.63, 3.8) is 0 Å². The number of rotatable bonds is 6. The number of nitrogens with zero attached hydrogens (tertiary/aromatic N) is 3. The number of aliphatic hydroxyl groups excluding tert-OH is 1. The van der Waals surface area contributed by atoms with E-state index < -0.39 is 0 Å². The molecule has 0 aliphatic carbocycles. The van der Waals surface area contributed by atoms with Crippen molar-refractivity contribution in [1.82, 2.24) is 15.0 Å². The van der Waals surface area contributed by atoms with Crippen LogP contribution in [0.25, 0.3) is 11.3 Å². The zero-order valence-corrected chi connectivity index (χ0v) is 14.4. The van der Waals surface area contributed by atoms with Crippen LogP contribution in [0.2, 0.25) is 5.02 Å². The SMILES string of the molecule is C[C@H](CO)Nc1nc(Nc2ccc(Cl)cc2)cc(-c2cccnc2)n1. The van der Waals surface area contributed by atoms with Crippen LogP contribution in [0.1, 0.15) is 6.92 Å². The number of halogens is 1. The van der Waals surface area contributed by atoms with Gasteiger partial charge in [-0.05, 0) is 43.3 Å². The van der Waals surface area contributed by atoms with Gasteiger partial charge in [0, 0.05) is 40.8 Å². The van der Waals surface area contributed by atoms with Crippen molar-refractivity contribution in [2.45, 2.75) is 13.0 Å². The minimum absolute atomic E-state index is 0.0135. The Morgan fingerprint density at radius 1 is 1.16 bits per heavy atom. The number of hydrogen-bond acceptors (Lipinski definition) is 6. The van der Waals surface area contributed by atoms with Crippen LogP contribution in [0.3, 0.4) is 0 Å². The summed E-state index contributed by atoms with van der Waals surface area (Å²) in [5, 5.41) is 16.3. The molecule has 3 rings (SSSR count). The van der Waals surface area contributed by atoms with Crippen LogP contribution in [0, 0.1) is 0 Å². The van der Waals surface area contributed by atoms with E-state index in [2.05, 4.69) is 25.6 Å². The van der Waals surface area contributed by atoms with Crippen molar-refractivity contribution >= 4 is 29.1 Å². The molecular weight excluding hydrogens is 338 g/mol. The molecule has 0 bridgehead atoms. The van der Waals surface area contributed by atoms with E-state index in [0.29, 0.717) is 16.8 Å². The molecule has 1 atom stereocenters. The molecule has 6 nitrogen and oxygen atoms in total. The second-order valence-electron chi connectivity index (χ2n) is 5.56. The number of benzene rings is 1. The topological polar surface area (TPSA) is 83.0 Å². The van der Waals surface area contributed by atoms with Gasteiger partial charge in [-0.3, -0.25) is 4.98 Å². The van der Waals surface area contributed by atoms with Crippen LogP contribution in [0.5, 0.6) is 0 Å². The summed E-state index contributed by atoms with van der Waals surface area (Å²) < 4.78 is 0. The minimum Gasteiger partial charge on any atom is -0.394 e. The quantitative estimate of drug-likeness (QED) is 0.625. The first-order valence-corrected chi connectivity index (χ1v) is 8.21. The molecule has 0 unspecified atom stereocenters. The van der Waals surface area contributed by atoms with Crippen LogP contribution in [0.15, 0.2) is 54.9 Å². The summed E-state index contributed by atoms with van der Waals surface area (Å²) in [6, 6.07) is 12.8. The molecule has 2 heterocycles. The highest BCUT2D eigenvalue weighted by Crippen LogP contribution is 2.24. The summed E-state index contributed by atoms with van der Waals surface area (Å²) in [6.07, 6.45) is 3.46. The molecule has 0 aliphatic rings. The van der Waals surface area contributed by atoms with E-state index in [1.807, 2.05) is 37.3 Å². The van der Waals surface area contributed by atoms with Crippen LogP contribution in [-0.4, -0.2) is 32.7 Å². The molecule has 0 saturated heterocycles. The van der Waals surface area contributed by atoms with Crippen LogP contribution in [-0.2, 0) is 0 Å². The van der Waals surface area contributed by atoms with Gasteiger partial charge in [0.15, 0.2) is 0 Å². The molecule has 2 aromatic heterocycles. The third kappa shape index (κ3) is 4.65. The maximum absolute atomic E-state index is 9.26. The summed E-state index contributed by atoms with van der Waals surface area (Å²) in [7, 11) is 0. The number of nitrogens with one attached hydrogen (secondary N) is 2. The molecule has 25 heavy (non-hydrogen) atoms. The Kier molecular flexibility index (Phi) is 5.42. The highest BCUT2D eigenvalue weighted by Gasteiger charge is 2.09. The van der Waals surface area contributed by atoms with Crippen LogP contribution < -0.4 is 10.6 Å². The molecule has 3 aromatic rings. The van der Waals surface area contributed by atoms with E-state index in [9.17, 15) is 5.11 Å². The van der Waals surface area contributed by atoms with Crippen molar-refractivity contribution in [1.29, 1.82) is 0 Å². The summed E-state index contributed by atoms with van der Waals surface area (Å²) >= 11 is 5.92. The average molecular weight is 356 g/mol. The van der Waals surface area contributed by atoms with E-state index in [1.54, 1.807) is 24.5 Å². The maximum Gasteiger partial charge on any atom is 0.225 e. The fourth-order valence-corrected chi connectivity index (χ4v) is 2.31. The normalized spacial score (nSPS) is 11.8. The van der Waals surface area contributed by atoms with Gasteiger partial charge in [0.2, 0.25) is 5.95 Å². The van der Waals surface area contributed by atoms with Gasteiger partial charge in [-0.1, -0.05) is 11.6 Å². The van der Waals surface area contributed by atoms with Gasteiger partial charge >= 0.3 is 0 Å². The van der Waals surface area contributed by atoms with Crippen molar-refractivity contribution in [2.75, 3.05) is 17.2 Å². The Bertz CT molecular complexity index is 827. The summed E-state index contributed by atoms with van der Waals surface area (Å²) in [4.78, 5) is 13.1. The van der Waals surface area contributed by atoms with Gasteiger partial charge in [-0.15, -0.1) is 0 Å². The van der Waals surface area contributed by atoms with Crippen LogP contribution >= 0.6 is 11.6 Å². The predicted molar refractivity (Wildman–Crippen MR) is 100 cm³/mol. The fraction of sp³-hybridized carbons (Fsp3) is 0.167. The average Bonchev–Trinajstić information content (AvgIpc) is 2.64. The van der Waals surface area contributed by atoms with E-state index in [0.717, 1.165) is 16.9 Å². The first kappa shape index (κ1) is 17.1. The van der Waals surface area contributed by atoms with E-state index in [1.165, 1.54) is 0 Å². The van der Waals surface area contributed by atoms with Crippen molar-refractivity contribution < 1.29 is 5.11 Å². The molecule has 128 valence electrons. The third-order valence-electron chi connectivity index (χ3n) is 3.45. The lowest BCUT2D eigenvalue weighted by molar-refractivity contribution is 0.281. The third-order valence-corrected chi connectivity index (χ3v) is 3.70. The molecule has 0 fully saturated rings. The molecular formula is C18H18ClN5O. The number of hydrogen-bond donors (Lipinski definition) is 3.